The van der Waals surface area contributed by atoms with Crippen molar-refractivity contribution >= 4 is 17.6 Å². The Bertz CT molecular complexity index is 530. The molecule has 0 radical (unpaired) electrons. The molecule has 21 heavy (non-hydrogen) atoms. The molecule has 1 aromatic rings. The lowest BCUT2D eigenvalue weighted by atomic mass is 10.1. The van der Waals surface area contributed by atoms with Gasteiger partial charge in [0, 0.05) is 19.2 Å². The molecule has 2 N–H and O–H groups in total. The normalized spacial score (nSPS) is 12.4. The number of fused-ring (bicyclic) bond motifs is 1. The van der Waals surface area contributed by atoms with Gasteiger partial charge in [-0.15, -0.1) is 0 Å². The van der Waals surface area contributed by atoms with Gasteiger partial charge in [-0.25, -0.2) is 9.59 Å². The second-order valence-corrected chi connectivity index (χ2v) is 3.96. The van der Waals surface area contributed by atoms with Crippen LogP contribution in [0, 0.1) is 0 Å². The first-order chi connectivity index (χ1) is 9.70. The highest BCUT2D eigenvalue weighted by atomic mass is 19.4. The van der Waals surface area contributed by atoms with Gasteiger partial charge in [-0.1, -0.05) is 0 Å². The highest BCUT2D eigenvalue weighted by Gasteiger charge is 2.38. The van der Waals surface area contributed by atoms with Crippen molar-refractivity contribution in [3.05, 3.63) is 23.8 Å². The minimum atomic E-state index is -5.08. The van der Waals surface area contributed by atoms with E-state index in [1.54, 1.807) is 6.07 Å². The number of benzene rings is 1. The van der Waals surface area contributed by atoms with Gasteiger partial charge in [0.2, 0.25) is 0 Å². The van der Waals surface area contributed by atoms with E-state index in [0.29, 0.717) is 5.75 Å². The van der Waals surface area contributed by atoms with Crippen molar-refractivity contribution in [2.45, 2.75) is 19.5 Å². The zero-order valence-corrected chi connectivity index (χ0v) is 10.9. The number of halogens is 3. The molecule has 0 aromatic heterocycles. The molecule has 1 aromatic carbocycles. The van der Waals surface area contributed by atoms with Crippen molar-refractivity contribution in [3.8, 4) is 5.75 Å². The number of carbonyl (C=O) groups is 2. The Balaban J connectivity index is 0.000000270. The number of carboxylic acid groups (broad SMARTS) is 1. The van der Waals surface area contributed by atoms with Crippen molar-refractivity contribution in [2.24, 2.45) is 0 Å². The number of hydrogen-bond acceptors (Lipinski definition) is 5. The third-order valence-electron chi connectivity index (χ3n) is 2.28. The van der Waals surface area contributed by atoms with Gasteiger partial charge in [0.05, 0.1) is 0 Å². The minimum absolute atomic E-state index is 0.455. The number of anilines is 1. The maximum Gasteiger partial charge on any atom is 0.490 e. The van der Waals surface area contributed by atoms with Crippen LogP contribution in [0.2, 0.25) is 0 Å². The fraction of sp³-hybridized carbons (Fsp3) is 0.333. The molecule has 0 aliphatic carbocycles. The number of rotatable bonds is 2. The SMILES string of the molecule is CC(=O)OOc1ccc2c(c1)CCN2.O=C(O)C(F)(F)F. The molecule has 0 atom stereocenters. The summed E-state index contributed by atoms with van der Waals surface area (Å²) in [6.45, 7) is 2.25. The Morgan fingerprint density at radius 2 is 1.95 bits per heavy atom. The molecular formula is C12H12F3NO5. The number of nitrogens with one attached hydrogen (secondary N) is 1. The Kier molecular flexibility index (Phi) is 5.39. The summed E-state index contributed by atoms with van der Waals surface area (Å²) in [5, 5.41) is 10.4. The summed E-state index contributed by atoms with van der Waals surface area (Å²) < 4.78 is 31.7. The van der Waals surface area contributed by atoms with Crippen molar-refractivity contribution in [1.82, 2.24) is 0 Å². The zero-order valence-electron chi connectivity index (χ0n) is 10.9. The van der Waals surface area contributed by atoms with Gasteiger partial charge in [0.15, 0.2) is 5.75 Å². The molecule has 2 rings (SSSR count). The molecule has 1 heterocycles. The van der Waals surface area contributed by atoms with Crippen LogP contribution in [0.3, 0.4) is 0 Å². The molecule has 1 aliphatic rings. The van der Waals surface area contributed by atoms with Crippen LogP contribution >= 0.6 is 0 Å². The van der Waals surface area contributed by atoms with Gasteiger partial charge in [-0.05, 0) is 30.2 Å². The van der Waals surface area contributed by atoms with Crippen LogP contribution in [0.4, 0.5) is 18.9 Å². The summed E-state index contributed by atoms with van der Waals surface area (Å²) in [7, 11) is 0. The van der Waals surface area contributed by atoms with Gasteiger partial charge >= 0.3 is 18.1 Å². The van der Waals surface area contributed by atoms with Gasteiger partial charge in [-0.2, -0.15) is 13.2 Å². The van der Waals surface area contributed by atoms with E-state index < -0.39 is 18.1 Å². The number of carbonyl (C=O) groups excluding carboxylic acids is 1. The Hall–Kier alpha value is -2.45. The number of aliphatic carboxylic acids is 1. The highest BCUT2D eigenvalue weighted by Crippen LogP contribution is 2.26. The molecule has 0 saturated heterocycles. The van der Waals surface area contributed by atoms with E-state index in [0.717, 1.165) is 18.7 Å². The maximum absolute atomic E-state index is 10.6. The van der Waals surface area contributed by atoms with E-state index in [9.17, 15) is 18.0 Å². The molecule has 9 heteroatoms. The van der Waals surface area contributed by atoms with Crippen molar-refractivity contribution < 1.29 is 37.6 Å². The summed E-state index contributed by atoms with van der Waals surface area (Å²) in [6, 6.07) is 5.56. The predicted octanol–water partition coefficient (Wildman–Crippen LogP) is 2.14. The molecule has 0 unspecified atom stereocenters. The van der Waals surface area contributed by atoms with Gasteiger partial charge in [-0.3, -0.25) is 9.78 Å². The van der Waals surface area contributed by atoms with Crippen LogP contribution < -0.4 is 10.2 Å². The Morgan fingerprint density at radius 1 is 1.33 bits per heavy atom. The number of carboxylic acids is 1. The Morgan fingerprint density at radius 3 is 2.48 bits per heavy atom. The van der Waals surface area contributed by atoms with Gasteiger partial charge in [0.1, 0.15) is 0 Å². The van der Waals surface area contributed by atoms with E-state index in [4.69, 9.17) is 14.8 Å². The van der Waals surface area contributed by atoms with E-state index in [-0.39, 0.29) is 0 Å². The van der Waals surface area contributed by atoms with Crippen molar-refractivity contribution in [3.63, 3.8) is 0 Å². The molecule has 0 spiro atoms. The number of hydrogen-bond donors (Lipinski definition) is 2. The average molecular weight is 307 g/mol. The van der Waals surface area contributed by atoms with Crippen LogP contribution in [-0.2, 0) is 20.9 Å². The molecule has 6 nitrogen and oxygen atoms in total. The largest absolute Gasteiger partial charge is 0.490 e. The molecule has 116 valence electrons. The second-order valence-electron chi connectivity index (χ2n) is 3.96. The Labute approximate surface area is 117 Å². The predicted molar refractivity (Wildman–Crippen MR) is 64.7 cm³/mol. The molecule has 0 fully saturated rings. The standard InChI is InChI=1S/C10H11NO3.C2HF3O2/c1-7(12)13-14-9-2-3-10-8(6-9)4-5-11-10;3-2(4,5)1(6)7/h2-3,6,11H,4-5H2,1H3;(H,6,7). The maximum atomic E-state index is 10.6. The van der Waals surface area contributed by atoms with Gasteiger partial charge < -0.3 is 10.4 Å². The zero-order chi connectivity index (χ0) is 16.0. The lowest BCUT2D eigenvalue weighted by Crippen LogP contribution is -2.21. The smallest absolute Gasteiger partial charge is 0.475 e. The molecule has 0 bridgehead atoms. The quantitative estimate of drug-likeness (QED) is 0.643. The third-order valence-corrected chi connectivity index (χ3v) is 2.28. The fourth-order valence-electron chi connectivity index (χ4n) is 1.44. The van der Waals surface area contributed by atoms with Crippen LogP contribution in [0.5, 0.6) is 5.75 Å². The summed E-state index contributed by atoms with van der Waals surface area (Å²) >= 11 is 0. The van der Waals surface area contributed by atoms with Crippen LogP contribution in [0.15, 0.2) is 18.2 Å². The second kappa shape index (κ2) is 6.82. The van der Waals surface area contributed by atoms with Crippen molar-refractivity contribution in [2.75, 3.05) is 11.9 Å². The van der Waals surface area contributed by atoms with Crippen LogP contribution in [-0.4, -0.2) is 29.8 Å². The summed E-state index contributed by atoms with van der Waals surface area (Å²) in [6.07, 6.45) is -4.10. The molecule has 0 saturated carbocycles. The van der Waals surface area contributed by atoms with Crippen molar-refractivity contribution in [1.29, 1.82) is 0 Å². The summed E-state index contributed by atoms with van der Waals surface area (Å²) in [5.41, 5.74) is 2.31. The van der Waals surface area contributed by atoms with E-state index in [2.05, 4.69) is 10.2 Å². The van der Waals surface area contributed by atoms with Gasteiger partial charge in [0.25, 0.3) is 0 Å². The van der Waals surface area contributed by atoms with E-state index >= 15 is 0 Å². The lowest BCUT2D eigenvalue weighted by Gasteiger charge is -2.04. The molecule has 0 amide bonds. The highest BCUT2D eigenvalue weighted by molar-refractivity contribution is 5.73. The topological polar surface area (TPSA) is 84.9 Å². The first-order valence-corrected chi connectivity index (χ1v) is 5.72. The first-order valence-electron chi connectivity index (χ1n) is 5.72. The van der Waals surface area contributed by atoms with E-state index in [1.807, 2.05) is 12.1 Å². The lowest BCUT2D eigenvalue weighted by molar-refractivity contribution is -0.210. The minimum Gasteiger partial charge on any atom is -0.475 e. The van der Waals surface area contributed by atoms with Crippen LogP contribution in [0.25, 0.3) is 0 Å². The summed E-state index contributed by atoms with van der Waals surface area (Å²) in [5.74, 6) is -2.65. The third kappa shape index (κ3) is 5.59. The first kappa shape index (κ1) is 16.6. The molecular weight excluding hydrogens is 295 g/mol. The summed E-state index contributed by atoms with van der Waals surface area (Å²) in [4.78, 5) is 28.6. The van der Waals surface area contributed by atoms with Crippen LogP contribution in [0.1, 0.15) is 12.5 Å². The molecule has 1 aliphatic heterocycles. The monoisotopic (exact) mass is 307 g/mol. The fourth-order valence-corrected chi connectivity index (χ4v) is 1.44. The average Bonchev–Trinajstić information content (AvgIpc) is 2.83. The number of alkyl halides is 3. The van der Waals surface area contributed by atoms with E-state index in [1.165, 1.54) is 12.5 Å².